The zero-order valence-corrected chi connectivity index (χ0v) is 21.0. The summed E-state index contributed by atoms with van der Waals surface area (Å²) in [5, 5.41) is 2.90. The molecule has 188 valence electrons. The van der Waals surface area contributed by atoms with Crippen molar-refractivity contribution in [2.45, 2.75) is 40.4 Å². The second-order valence-corrected chi connectivity index (χ2v) is 9.41. The third-order valence-corrected chi connectivity index (χ3v) is 6.20. The molecule has 0 bridgehead atoms. The van der Waals surface area contributed by atoms with E-state index in [9.17, 15) is 14.0 Å². The quantitative estimate of drug-likeness (QED) is 0.502. The summed E-state index contributed by atoms with van der Waals surface area (Å²) in [6, 6.07) is 19.7. The molecule has 1 heterocycles. The van der Waals surface area contributed by atoms with Crippen molar-refractivity contribution in [1.82, 2.24) is 10.2 Å². The van der Waals surface area contributed by atoms with Gasteiger partial charge in [-0.25, -0.2) is 9.18 Å². The number of aryl methyl sites for hydroxylation is 1. The number of anilines is 1. The largest absolute Gasteiger partial charge is 0.491 e. The number of urea groups is 1. The molecule has 4 rings (SSSR count). The van der Waals surface area contributed by atoms with E-state index in [0.29, 0.717) is 32.8 Å². The number of hydrogen-bond donors (Lipinski definition) is 1. The van der Waals surface area contributed by atoms with E-state index in [0.717, 1.165) is 33.7 Å². The molecule has 0 aliphatic carbocycles. The van der Waals surface area contributed by atoms with Crippen LogP contribution in [0, 0.1) is 18.7 Å². The lowest BCUT2D eigenvalue weighted by Crippen LogP contribution is -2.40. The highest BCUT2D eigenvalue weighted by Crippen LogP contribution is 2.27. The Bertz CT molecular complexity index is 1210. The highest BCUT2D eigenvalue weighted by atomic mass is 19.1. The van der Waals surface area contributed by atoms with Crippen molar-refractivity contribution in [2.24, 2.45) is 5.92 Å². The molecule has 3 aromatic carbocycles. The molecule has 0 aromatic heterocycles. The van der Waals surface area contributed by atoms with Crippen molar-refractivity contribution in [1.29, 1.82) is 0 Å². The lowest BCUT2D eigenvalue weighted by atomic mass is 10.1. The van der Waals surface area contributed by atoms with E-state index in [1.165, 1.54) is 12.1 Å². The van der Waals surface area contributed by atoms with Crippen LogP contribution in [0.5, 0.6) is 5.75 Å². The highest BCUT2D eigenvalue weighted by Gasteiger charge is 2.23. The Hall–Kier alpha value is -3.87. The van der Waals surface area contributed by atoms with Gasteiger partial charge in [-0.3, -0.25) is 4.79 Å². The van der Waals surface area contributed by atoms with Crippen LogP contribution in [-0.2, 0) is 24.4 Å². The number of amides is 3. The van der Waals surface area contributed by atoms with Gasteiger partial charge in [0.15, 0.2) is 0 Å². The van der Waals surface area contributed by atoms with Gasteiger partial charge in [0.05, 0.1) is 19.6 Å². The molecule has 0 saturated carbocycles. The van der Waals surface area contributed by atoms with E-state index < -0.39 is 0 Å². The Morgan fingerprint density at radius 2 is 1.72 bits per heavy atom. The Balaban J connectivity index is 1.49. The maximum atomic E-state index is 13.1. The molecule has 3 amide bonds. The molecule has 1 aliphatic rings. The first kappa shape index (κ1) is 25.2. The van der Waals surface area contributed by atoms with Gasteiger partial charge >= 0.3 is 6.03 Å². The third kappa shape index (κ3) is 6.22. The summed E-state index contributed by atoms with van der Waals surface area (Å²) in [5.74, 6) is 0.338. The van der Waals surface area contributed by atoms with Crippen LogP contribution in [-0.4, -0.2) is 30.0 Å². The van der Waals surface area contributed by atoms with Gasteiger partial charge in [-0.05, 0) is 54.4 Å². The van der Waals surface area contributed by atoms with Crippen molar-refractivity contribution >= 4 is 17.6 Å². The average molecular weight is 490 g/mol. The molecule has 0 fully saturated rings. The van der Waals surface area contributed by atoms with Gasteiger partial charge in [0, 0.05) is 23.7 Å². The fourth-order valence-corrected chi connectivity index (χ4v) is 4.13. The number of rotatable bonds is 6. The summed E-state index contributed by atoms with van der Waals surface area (Å²) < 4.78 is 19.0. The third-order valence-electron chi connectivity index (χ3n) is 6.20. The molecule has 36 heavy (non-hydrogen) atoms. The van der Waals surface area contributed by atoms with Crippen molar-refractivity contribution in [3.8, 4) is 5.75 Å². The predicted octanol–water partition coefficient (Wildman–Crippen LogP) is 5.43. The van der Waals surface area contributed by atoms with E-state index in [1.807, 2.05) is 63.2 Å². The summed E-state index contributed by atoms with van der Waals surface area (Å²) in [6.07, 6.45) is 0. The number of halogens is 1. The number of carbonyl (C=O) groups is 2. The molecule has 0 radical (unpaired) electrons. The Kier molecular flexibility index (Phi) is 7.88. The van der Waals surface area contributed by atoms with Crippen LogP contribution in [0.2, 0.25) is 0 Å². The Morgan fingerprint density at radius 3 is 2.42 bits per heavy atom. The first-order chi connectivity index (χ1) is 17.3. The smallest absolute Gasteiger partial charge is 0.318 e. The average Bonchev–Trinajstić information content (AvgIpc) is 3.09. The fraction of sp³-hybridized carbons (Fsp3) is 0.310. The number of carbonyl (C=O) groups excluding carboxylic acids is 2. The molecular weight excluding hydrogens is 457 g/mol. The normalized spacial score (nSPS) is 13.0. The summed E-state index contributed by atoms with van der Waals surface area (Å²) in [5.41, 5.74) is 4.66. The molecule has 1 N–H and O–H groups in total. The van der Waals surface area contributed by atoms with E-state index in [-0.39, 0.29) is 23.7 Å². The molecule has 0 spiro atoms. The van der Waals surface area contributed by atoms with Crippen molar-refractivity contribution in [2.75, 3.05) is 18.1 Å². The van der Waals surface area contributed by atoms with E-state index in [1.54, 1.807) is 21.9 Å². The highest BCUT2D eigenvalue weighted by molar-refractivity contribution is 5.94. The molecule has 0 atom stereocenters. The van der Waals surface area contributed by atoms with Crippen LogP contribution in [0.25, 0.3) is 0 Å². The number of nitrogens with zero attached hydrogens (tertiary/aromatic N) is 2. The SMILES string of the molecule is Cc1ccc(N(Cc2ccc3c(c2)CN(C(=O)NCc2ccc(F)cc2)CCO3)C(=O)C(C)C)cc1. The maximum Gasteiger partial charge on any atom is 0.318 e. The molecule has 1 aliphatic heterocycles. The summed E-state index contributed by atoms with van der Waals surface area (Å²) in [7, 11) is 0. The number of ether oxygens (including phenoxy) is 1. The van der Waals surface area contributed by atoms with E-state index >= 15 is 0 Å². The van der Waals surface area contributed by atoms with Gasteiger partial charge in [-0.15, -0.1) is 0 Å². The maximum absolute atomic E-state index is 13.1. The zero-order chi connectivity index (χ0) is 25.7. The predicted molar refractivity (Wildman–Crippen MR) is 138 cm³/mol. The molecule has 0 saturated heterocycles. The van der Waals surface area contributed by atoms with Crippen LogP contribution in [0.1, 0.15) is 36.1 Å². The van der Waals surface area contributed by atoms with Gasteiger partial charge in [-0.1, -0.05) is 49.7 Å². The van der Waals surface area contributed by atoms with E-state index in [4.69, 9.17) is 4.74 Å². The summed E-state index contributed by atoms with van der Waals surface area (Å²) in [4.78, 5) is 29.4. The number of nitrogens with one attached hydrogen (secondary N) is 1. The van der Waals surface area contributed by atoms with Crippen LogP contribution >= 0.6 is 0 Å². The lowest BCUT2D eigenvalue weighted by molar-refractivity contribution is -0.121. The standard InChI is InChI=1S/C29H32FN3O3/c1-20(2)28(34)33(26-11-4-21(3)5-12-26)18-23-8-13-27-24(16-23)19-32(14-15-36-27)29(35)31-17-22-6-9-25(30)10-7-22/h4-13,16,20H,14-15,17-19H2,1-3H3,(H,31,35). The minimum absolute atomic E-state index is 0.0480. The second-order valence-electron chi connectivity index (χ2n) is 9.41. The van der Waals surface area contributed by atoms with Crippen LogP contribution in [0.15, 0.2) is 66.7 Å². The first-order valence-corrected chi connectivity index (χ1v) is 12.2. The molecule has 3 aromatic rings. The second kappa shape index (κ2) is 11.2. The van der Waals surface area contributed by atoms with Gasteiger partial charge in [0.25, 0.3) is 0 Å². The molecule has 7 heteroatoms. The monoisotopic (exact) mass is 489 g/mol. The molecular formula is C29H32FN3O3. The number of fused-ring (bicyclic) bond motifs is 1. The molecule has 0 unspecified atom stereocenters. The summed E-state index contributed by atoms with van der Waals surface area (Å²) >= 11 is 0. The minimum atomic E-state index is -0.307. The number of benzene rings is 3. The fourth-order valence-electron chi connectivity index (χ4n) is 4.13. The van der Waals surface area contributed by atoms with Crippen molar-refractivity contribution in [3.63, 3.8) is 0 Å². The zero-order valence-electron chi connectivity index (χ0n) is 21.0. The molecule has 6 nitrogen and oxygen atoms in total. The van der Waals surface area contributed by atoms with Gasteiger partial charge in [0.1, 0.15) is 18.2 Å². The van der Waals surface area contributed by atoms with Crippen molar-refractivity contribution in [3.05, 3.63) is 94.8 Å². The number of hydrogen-bond acceptors (Lipinski definition) is 3. The van der Waals surface area contributed by atoms with Gasteiger partial charge in [0.2, 0.25) is 5.91 Å². The van der Waals surface area contributed by atoms with Crippen LogP contribution in [0.4, 0.5) is 14.9 Å². The van der Waals surface area contributed by atoms with E-state index in [2.05, 4.69) is 5.32 Å². The van der Waals surface area contributed by atoms with Gasteiger partial charge < -0.3 is 19.9 Å². The Labute approximate surface area is 211 Å². The van der Waals surface area contributed by atoms with Crippen LogP contribution < -0.4 is 15.0 Å². The Morgan fingerprint density at radius 1 is 1.03 bits per heavy atom. The van der Waals surface area contributed by atoms with Crippen molar-refractivity contribution < 1.29 is 18.7 Å². The summed E-state index contributed by atoms with van der Waals surface area (Å²) in [6.45, 7) is 7.77. The topological polar surface area (TPSA) is 61.9 Å². The minimum Gasteiger partial charge on any atom is -0.491 e. The van der Waals surface area contributed by atoms with Gasteiger partial charge in [-0.2, -0.15) is 0 Å². The lowest BCUT2D eigenvalue weighted by Gasteiger charge is -2.26. The first-order valence-electron chi connectivity index (χ1n) is 12.2. The van der Waals surface area contributed by atoms with Crippen LogP contribution in [0.3, 0.4) is 0 Å².